The second-order valence-electron chi connectivity index (χ2n) is 6.98. The summed E-state index contributed by atoms with van der Waals surface area (Å²) in [6, 6.07) is 14.4. The molecule has 8 heteroatoms. The largest absolute Gasteiger partial charge is 0.481 e. The second kappa shape index (κ2) is 8.63. The molecular weight excluding hydrogens is 444 g/mol. The molecule has 0 spiro atoms. The highest BCUT2D eigenvalue weighted by atomic mass is 79.9. The number of halogens is 1. The van der Waals surface area contributed by atoms with E-state index in [-0.39, 0.29) is 17.4 Å². The molecular formula is C20H23BrN2O4S. The molecule has 0 aromatic heterocycles. The van der Waals surface area contributed by atoms with E-state index < -0.39 is 16.0 Å². The fourth-order valence-electron chi connectivity index (χ4n) is 3.36. The summed E-state index contributed by atoms with van der Waals surface area (Å²) in [6.07, 6.45) is 1.24. The Labute approximate surface area is 174 Å². The van der Waals surface area contributed by atoms with Crippen molar-refractivity contribution in [1.82, 2.24) is 4.31 Å². The molecule has 1 N–H and O–H groups in total. The summed E-state index contributed by atoms with van der Waals surface area (Å²) in [5, 5.41) is 9.14. The molecule has 28 heavy (non-hydrogen) atoms. The number of nitrogens with zero attached hydrogens (tertiary/aromatic N) is 2. The van der Waals surface area contributed by atoms with E-state index in [4.69, 9.17) is 5.11 Å². The Bertz CT molecular complexity index is 939. The number of carbonyl (C=O) groups is 1. The minimum absolute atomic E-state index is 0.255. The van der Waals surface area contributed by atoms with Gasteiger partial charge in [0.15, 0.2) is 0 Å². The second-order valence-corrected chi connectivity index (χ2v) is 9.95. The average molecular weight is 467 g/mol. The number of piperidine rings is 1. The third-order valence-corrected chi connectivity index (χ3v) is 7.39. The highest BCUT2D eigenvalue weighted by Crippen LogP contribution is 2.25. The summed E-state index contributed by atoms with van der Waals surface area (Å²) in [7, 11) is -2.00. The lowest BCUT2D eigenvalue weighted by Gasteiger charge is -2.32. The first-order chi connectivity index (χ1) is 13.3. The molecule has 0 bridgehead atoms. The van der Waals surface area contributed by atoms with E-state index in [2.05, 4.69) is 20.8 Å². The van der Waals surface area contributed by atoms with Crippen molar-refractivity contribution in [3.63, 3.8) is 0 Å². The van der Waals surface area contributed by atoms with Gasteiger partial charge in [0.1, 0.15) is 0 Å². The number of hydrogen-bond acceptors (Lipinski definition) is 4. The summed E-state index contributed by atoms with van der Waals surface area (Å²) in [5.41, 5.74) is 1.89. The smallest absolute Gasteiger partial charge is 0.306 e. The highest BCUT2D eigenvalue weighted by Gasteiger charge is 2.25. The standard InChI is InChI=1S/C20H23BrN2O4S/c1-22(28(26,27)19-7-5-17(21)6-8-19)14-15-3-2-4-18(13-15)23-11-9-16(10-12-23)20(24)25/h2-8,13,16H,9-12,14H2,1H3,(H,24,25). The minimum Gasteiger partial charge on any atom is -0.481 e. The molecule has 0 radical (unpaired) electrons. The van der Waals surface area contributed by atoms with Crippen LogP contribution in [-0.2, 0) is 21.4 Å². The monoisotopic (exact) mass is 466 g/mol. The summed E-state index contributed by atoms with van der Waals surface area (Å²) < 4.78 is 27.7. The number of aliphatic carboxylic acids is 1. The van der Waals surface area contributed by atoms with Gasteiger partial charge in [0.25, 0.3) is 0 Å². The van der Waals surface area contributed by atoms with Crippen LogP contribution in [-0.4, -0.2) is 43.9 Å². The van der Waals surface area contributed by atoms with Crippen LogP contribution in [0.15, 0.2) is 57.9 Å². The van der Waals surface area contributed by atoms with Gasteiger partial charge in [-0.1, -0.05) is 28.1 Å². The van der Waals surface area contributed by atoms with E-state index in [9.17, 15) is 13.2 Å². The SMILES string of the molecule is CN(Cc1cccc(N2CCC(C(=O)O)CC2)c1)S(=O)(=O)c1ccc(Br)cc1. The molecule has 2 aromatic rings. The van der Waals surface area contributed by atoms with E-state index in [1.807, 2.05) is 24.3 Å². The molecule has 1 saturated heterocycles. The summed E-state index contributed by atoms with van der Waals surface area (Å²) in [4.78, 5) is 13.5. The van der Waals surface area contributed by atoms with Crippen LogP contribution in [0.2, 0.25) is 0 Å². The number of anilines is 1. The van der Waals surface area contributed by atoms with Crippen molar-refractivity contribution in [2.75, 3.05) is 25.0 Å². The number of carboxylic acid groups (broad SMARTS) is 1. The fourth-order valence-corrected chi connectivity index (χ4v) is 4.79. The maximum Gasteiger partial charge on any atom is 0.306 e. The molecule has 0 aliphatic carbocycles. The van der Waals surface area contributed by atoms with Crippen LogP contribution in [0.4, 0.5) is 5.69 Å². The Balaban J connectivity index is 1.70. The summed E-state index contributed by atoms with van der Waals surface area (Å²) >= 11 is 3.31. The maximum absolute atomic E-state index is 12.8. The van der Waals surface area contributed by atoms with Crippen molar-refractivity contribution in [2.24, 2.45) is 5.92 Å². The van der Waals surface area contributed by atoms with Gasteiger partial charge in [-0.05, 0) is 54.8 Å². The average Bonchev–Trinajstić information content (AvgIpc) is 2.68. The molecule has 0 atom stereocenters. The first-order valence-electron chi connectivity index (χ1n) is 9.06. The zero-order valence-electron chi connectivity index (χ0n) is 15.6. The van der Waals surface area contributed by atoms with Gasteiger partial charge in [-0.2, -0.15) is 4.31 Å². The number of rotatable bonds is 6. The molecule has 0 saturated carbocycles. The minimum atomic E-state index is -3.57. The van der Waals surface area contributed by atoms with E-state index in [1.54, 1.807) is 31.3 Å². The van der Waals surface area contributed by atoms with Crippen LogP contribution < -0.4 is 4.90 Å². The zero-order chi connectivity index (χ0) is 20.3. The van der Waals surface area contributed by atoms with Crippen molar-refractivity contribution < 1.29 is 18.3 Å². The lowest BCUT2D eigenvalue weighted by atomic mass is 9.96. The van der Waals surface area contributed by atoms with Gasteiger partial charge in [-0.15, -0.1) is 0 Å². The number of carboxylic acids is 1. The van der Waals surface area contributed by atoms with Crippen molar-refractivity contribution in [2.45, 2.75) is 24.3 Å². The number of sulfonamides is 1. The number of hydrogen-bond donors (Lipinski definition) is 1. The Morgan fingerprint density at radius 3 is 2.43 bits per heavy atom. The van der Waals surface area contributed by atoms with Crippen molar-refractivity contribution in [1.29, 1.82) is 0 Å². The molecule has 1 heterocycles. The van der Waals surface area contributed by atoms with Crippen LogP contribution in [0.25, 0.3) is 0 Å². The Morgan fingerprint density at radius 1 is 1.18 bits per heavy atom. The van der Waals surface area contributed by atoms with Crippen molar-refractivity contribution in [3.05, 3.63) is 58.6 Å². The first kappa shape index (κ1) is 20.8. The Kier molecular flexibility index (Phi) is 6.42. The molecule has 1 aliphatic rings. The van der Waals surface area contributed by atoms with Crippen LogP contribution in [0.5, 0.6) is 0 Å². The van der Waals surface area contributed by atoms with Gasteiger partial charge < -0.3 is 10.0 Å². The summed E-state index contributed by atoms with van der Waals surface area (Å²) in [5.74, 6) is -1.00. The highest BCUT2D eigenvalue weighted by molar-refractivity contribution is 9.10. The van der Waals surface area contributed by atoms with Crippen molar-refractivity contribution in [3.8, 4) is 0 Å². The molecule has 1 aliphatic heterocycles. The normalized spacial score (nSPS) is 15.8. The van der Waals surface area contributed by atoms with Gasteiger partial charge in [0.05, 0.1) is 10.8 Å². The predicted molar refractivity (Wildman–Crippen MR) is 112 cm³/mol. The fraction of sp³-hybridized carbons (Fsp3) is 0.350. The molecule has 3 rings (SSSR count). The molecule has 1 fully saturated rings. The van der Waals surface area contributed by atoms with Gasteiger partial charge in [0, 0.05) is 36.8 Å². The van der Waals surface area contributed by atoms with Crippen LogP contribution in [0, 0.1) is 5.92 Å². The van der Waals surface area contributed by atoms with Crippen LogP contribution >= 0.6 is 15.9 Å². The van der Waals surface area contributed by atoms with Gasteiger partial charge in [0.2, 0.25) is 10.0 Å². The third-order valence-electron chi connectivity index (χ3n) is 5.05. The molecule has 150 valence electrons. The number of benzene rings is 2. The lowest BCUT2D eigenvalue weighted by molar-refractivity contribution is -0.142. The third kappa shape index (κ3) is 4.74. The van der Waals surface area contributed by atoms with Crippen LogP contribution in [0.1, 0.15) is 18.4 Å². The van der Waals surface area contributed by atoms with Gasteiger partial charge in [-0.25, -0.2) is 8.42 Å². The summed E-state index contributed by atoms with van der Waals surface area (Å²) in [6.45, 7) is 1.64. The molecule has 0 unspecified atom stereocenters. The lowest BCUT2D eigenvalue weighted by Crippen LogP contribution is -2.36. The zero-order valence-corrected chi connectivity index (χ0v) is 18.0. The molecule has 2 aromatic carbocycles. The van der Waals surface area contributed by atoms with Crippen molar-refractivity contribution >= 4 is 37.6 Å². The van der Waals surface area contributed by atoms with Crippen LogP contribution in [0.3, 0.4) is 0 Å². The van der Waals surface area contributed by atoms with Gasteiger partial charge >= 0.3 is 5.97 Å². The Morgan fingerprint density at radius 2 is 1.82 bits per heavy atom. The Hall–Kier alpha value is -1.90. The van der Waals surface area contributed by atoms with E-state index in [0.29, 0.717) is 25.9 Å². The molecule has 0 amide bonds. The van der Waals surface area contributed by atoms with E-state index in [0.717, 1.165) is 15.7 Å². The van der Waals surface area contributed by atoms with E-state index >= 15 is 0 Å². The first-order valence-corrected chi connectivity index (χ1v) is 11.3. The maximum atomic E-state index is 12.8. The molecule has 6 nitrogen and oxygen atoms in total. The van der Waals surface area contributed by atoms with Gasteiger partial charge in [-0.3, -0.25) is 4.79 Å². The quantitative estimate of drug-likeness (QED) is 0.703. The van der Waals surface area contributed by atoms with E-state index in [1.165, 1.54) is 4.31 Å². The predicted octanol–water partition coefficient (Wildman–Crippen LogP) is 3.57. The topological polar surface area (TPSA) is 77.9 Å².